The number of hydrogen-bond acceptors (Lipinski definition) is 2. The maximum absolute atomic E-state index is 5.69. The summed E-state index contributed by atoms with van der Waals surface area (Å²) in [6, 6.07) is 0.494. The van der Waals surface area contributed by atoms with Crippen molar-refractivity contribution in [2.45, 2.75) is 51.5 Å². The summed E-state index contributed by atoms with van der Waals surface area (Å²) >= 11 is 0. The van der Waals surface area contributed by atoms with Crippen LogP contribution in [0.5, 0.6) is 0 Å². The average molecular weight is 222 g/mol. The first-order valence-corrected chi connectivity index (χ1v) is 7.12. The van der Waals surface area contributed by atoms with Crippen LogP contribution >= 0.6 is 0 Å². The monoisotopic (exact) mass is 222 g/mol. The minimum absolute atomic E-state index is 0.494. The second kappa shape index (κ2) is 3.99. The zero-order valence-electron chi connectivity index (χ0n) is 10.5. The predicted molar refractivity (Wildman–Crippen MR) is 67.1 cm³/mol. The second-order valence-electron chi connectivity index (χ2n) is 6.94. The zero-order valence-corrected chi connectivity index (χ0v) is 10.5. The van der Waals surface area contributed by atoms with Crippen LogP contribution in [0, 0.1) is 23.2 Å². The maximum Gasteiger partial charge on any atom is 0.0162 e. The molecule has 4 aliphatic carbocycles. The van der Waals surface area contributed by atoms with Crippen LogP contribution in [0.1, 0.15) is 45.4 Å². The molecule has 4 bridgehead atoms. The van der Waals surface area contributed by atoms with E-state index < -0.39 is 0 Å². The lowest BCUT2D eigenvalue weighted by molar-refractivity contribution is -0.0521. The largest absolute Gasteiger partial charge is 0.329 e. The molecular weight excluding hydrogens is 196 g/mol. The van der Waals surface area contributed by atoms with Crippen molar-refractivity contribution >= 4 is 0 Å². The number of rotatable bonds is 4. The highest BCUT2D eigenvalue weighted by Crippen LogP contribution is 2.59. The molecule has 4 aliphatic rings. The highest BCUT2D eigenvalue weighted by atomic mass is 14.9. The quantitative estimate of drug-likeness (QED) is 0.765. The molecule has 0 radical (unpaired) electrons. The van der Waals surface area contributed by atoms with Crippen molar-refractivity contribution in [1.82, 2.24) is 5.32 Å². The van der Waals surface area contributed by atoms with Crippen LogP contribution in [0.25, 0.3) is 0 Å². The molecule has 0 aliphatic heterocycles. The molecule has 2 nitrogen and oxygen atoms in total. The molecule has 4 rings (SSSR count). The first-order chi connectivity index (χ1) is 7.69. The van der Waals surface area contributed by atoms with E-state index >= 15 is 0 Å². The van der Waals surface area contributed by atoms with Crippen molar-refractivity contribution in [2.75, 3.05) is 13.1 Å². The Balaban J connectivity index is 1.64. The Hall–Kier alpha value is -0.0800. The van der Waals surface area contributed by atoms with Crippen LogP contribution < -0.4 is 11.1 Å². The SMILES string of the molecule is CC(CN)NCC12CC3CC(CC(C3)C1)C2. The fourth-order valence-electron chi connectivity index (χ4n) is 4.98. The Morgan fingerprint density at radius 1 is 1.12 bits per heavy atom. The van der Waals surface area contributed by atoms with Gasteiger partial charge in [0.05, 0.1) is 0 Å². The molecular formula is C14H26N2. The molecule has 4 saturated carbocycles. The third-order valence-electron chi connectivity index (χ3n) is 5.34. The predicted octanol–water partition coefficient (Wildman–Crippen LogP) is 2.14. The lowest BCUT2D eigenvalue weighted by Gasteiger charge is -2.57. The van der Waals surface area contributed by atoms with Gasteiger partial charge in [0.25, 0.3) is 0 Å². The highest BCUT2D eigenvalue weighted by molar-refractivity contribution is 5.02. The fourth-order valence-corrected chi connectivity index (χ4v) is 4.98. The molecule has 92 valence electrons. The van der Waals surface area contributed by atoms with Crippen LogP contribution in [-0.4, -0.2) is 19.1 Å². The van der Waals surface area contributed by atoms with Gasteiger partial charge in [0.1, 0.15) is 0 Å². The Morgan fingerprint density at radius 3 is 2.06 bits per heavy atom. The number of nitrogens with two attached hydrogens (primary N) is 1. The smallest absolute Gasteiger partial charge is 0.0162 e. The summed E-state index contributed by atoms with van der Waals surface area (Å²) in [6.07, 6.45) is 9.15. The fraction of sp³-hybridized carbons (Fsp3) is 1.00. The standard InChI is InChI=1S/C14H26N2/c1-10(8-15)16-9-14-5-11-2-12(6-14)4-13(3-11)7-14/h10-13,16H,2-9,15H2,1H3. The molecule has 0 heterocycles. The Bertz CT molecular complexity index is 226. The molecule has 0 aromatic carbocycles. The minimum Gasteiger partial charge on any atom is -0.329 e. The van der Waals surface area contributed by atoms with Crippen molar-refractivity contribution in [3.63, 3.8) is 0 Å². The van der Waals surface area contributed by atoms with Gasteiger partial charge in [-0.15, -0.1) is 0 Å². The Labute approximate surface area is 99.4 Å². The van der Waals surface area contributed by atoms with E-state index in [4.69, 9.17) is 5.73 Å². The molecule has 4 fully saturated rings. The van der Waals surface area contributed by atoms with E-state index in [1.807, 2.05) is 0 Å². The van der Waals surface area contributed by atoms with E-state index in [0.29, 0.717) is 11.5 Å². The van der Waals surface area contributed by atoms with Gasteiger partial charge in [0.15, 0.2) is 0 Å². The molecule has 2 heteroatoms. The van der Waals surface area contributed by atoms with E-state index in [9.17, 15) is 0 Å². The van der Waals surface area contributed by atoms with Gasteiger partial charge in [-0.25, -0.2) is 0 Å². The van der Waals surface area contributed by atoms with Crippen LogP contribution in [0.2, 0.25) is 0 Å². The van der Waals surface area contributed by atoms with Crippen molar-refractivity contribution < 1.29 is 0 Å². The Morgan fingerprint density at radius 2 is 1.62 bits per heavy atom. The number of hydrogen-bond donors (Lipinski definition) is 2. The van der Waals surface area contributed by atoms with Gasteiger partial charge < -0.3 is 11.1 Å². The second-order valence-corrected chi connectivity index (χ2v) is 6.94. The van der Waals surface area contributed by atoms with E-state index in [-0.39, 0.29) is 0 Å². The highest BCUT2D eigenvalue weighted by Gasteiger charge is 2.50. The van der Waals surface area contributed by atoms with E-state index in [0.717, 1.165) is 24.3 Å². The normalized spacial score (nSPS) is 47.2. The lowest BCUT2D eigenvalue weighted by atomic mass is 9.49. The average Bonchev–Trinajstić information content (AvgIpc) is 2.24. The van der Waals surface area contributed by atoms with E-state index in [1.165, 1.54) is 25.8 Å². The van der Waals surface area contributed by atoms with Crippen molar-refractivity contribution in [3.05, 3.63) is 0 Å². The summed E-state index contributed by atoms with van der Waals surface area (Å²) in [7, 11) is 0. The lowest BCUT2D eigenvalue weighted by Crippen LogP contribution is -2.52. The molecule has 0 saturated heterocycles. The summed E-state index contributed by atoms with van der Waals surface area (Å²) in [5, 5.41) is 3.66. The first kappa shape index (κ1) is 11.0. The molecule has 3 N–H and O–H groups in total. The van der Waals surface area contributed by atoms with Crippen LogP contribution in [0.3, 0.4) is 0 Å². The summed E-state index contributed by atoms with van der Waals surface area (Å²) < 4.78 is 0. The van der Waals surface area contributed by atoms with Crippen LogP contribution in [-0.2, 0) is 0 Å². The topological polar surface area (TPSA) is 38.0 Å². The van der Waals surface area contributed by atoms with Crippen molar-refractivity contribution in [2.24, 2.45) is 28.9 Å². The van der Waals surface area contributed by atoms with Gasteiger partial charge in [-0.05, 0) is 68.6 Å². The molecule has 0 aromatic heterocycles. The molecule has 1 unspecified atom stereocenters. The van der Waals surface area contributed by atoms with Gasteiger partial charge in [0.2, 0.25) is 0 Å². The van der Waals surface area contributed by atoms with E-state index in [2.05, 4.69) is 12.2 Å². The molecule has 0 spiro atoms. The molecule has 0 amide bonds. The van der Waals surface area contributed by atoms with Crippen molar-refractivity contribution in [1.29, 1.82) is 0 Å². The minimum atomic E-state index is 0.494. The van der Waals surface area contributed by atoms with Gasteiger partial charge in [-0.3, -0.25) is 0 Å². The number of nitrogens with one attached hydrogen (secondary N) is 1. The zero-order chi connectivity index (χ0) is 11.2. The first-order valence-electron chi connectivity index (χ1n) is 7.12. The third-order valence-corrected chi connectivity index (χ3v) is 5.34. The summed E-state index contributed by atoms with van der Waals surface area (Å²) in [4.78, 5) is 0. The van der Waals surface area contributed by atoms with Gasteiger partial charge in [0, 0.05) is 19.1 Å². The Kier molecular flexibility index (Phi) is 2.75. The molecule has 16 heavy (non-hydrogen) atoms. The van der Waals surface area contributed by atoms with Crippen LogP contribution in [0.15, 0.2) is 0 Å². The van der Waals surface area contributed by atoms with Gasteiger partial charge >= 0.3 is 0 Å². The maximum atomic E-state index is 5.69. The molecule has 1 atom stereocenters. The third kappa shape index (κ3) is 1.91. The molecule has 0 aromatic rings. The van der Waals surface area contributed by atoms with Crippen molar-refractivity contribution in [3.8, 4) is 0 Å². The van der Waals surface area contributed by atoms with Gasteiger partial charge in [-0.2, -0.15) is 0 Å². The van der Waals surface area contributed by atoms with Gasteiger partial charge in [-0.1, -0.05) is 0 Å². The summed E-state index contributed by atoms with van der Waals surface area (Å²) in [5.41, 5.74) is 6.35. The van der Waals surface area contributed by atoms with Crippen LogP contribution in [0.4, 0.5) is 0 Å². The summed E-state index contributed by atoms with van der Waals surface area (Å²) in [6.45, 7) is 4.21. The summed E-state index contributed by atoms with van der Waals surface area (Å²) in [5.74, 6) is 3.21. The van der Waals surface area contributed by atoms with E-state index in [1.54, 1.807) is 19.3 Å².